The summed E-state index contributed by atoms with van der Waals surface area (Å²) >= 11 is 0. The molecule has 2 aromatic carbocycles. The minimum absolute atomic E-state index is 0.0707. The summed E-state index contributed by atoms with van der Waals surface area (Å²) in [4.78, 5) is 15.6. The highest BCUT2D eigenvalue weighted by Crippen LogP contribution is 2.27. The highest BCUT2D eigenvalue weighted by molar-refractivity contribution is 7.92. The Kier molecular flexibility index (Phi) is 5.23. The van der Waals surface area contributed by atoms with Crippen LogP contribution in [0.5, 0.6) is 11.6 Å². The lowest BCUT2D eigenvalue weighted by molar-refractivity contribution is -0.116. The number of amides is 1. The van der Waals surface area contributed by atoms with Crippen molar-refractivity contribution in [1.29, 1.82) is 0 Å². The van der Waals surface area contributed by atoms with Crippen LogP contribution < -0.4 is 14.8 Å². The predicted molar refractivity (Wildman–Crippen MR) is 120 cm³/mol. The summed E-state index contributed by atoms with van der Waals surface area (Å²) in [6, 6.07) is 14.5. The fraction of sp³-hybridized carbons (Fsp3) is 0.0909. The molecule has 0 unspecified atom stereocenters. The molecule has 0 bridgehead atoms. The zero-order chi connectivity index (χ0) is 22.8. The SMILES string of the molecule is O=C1CCc2cc(S(=O)(=O)Nc3ccc(Oc4ccc(-n5ccnc5)nn4)cc3)ccc2N1. The Balaban J connectivity index is 1.26. The standard InChI is InChI=1S/C22H18N6O4S/c29-21-9-1-15-13-18(6-7-19(15)24-21)33(30,31)27-16-2-4-17(5-3-16)32-22-10-8-20(25-26-22)28-12-11-23-14-28/h2-8,10-14,27H,1,9H2,(H,24,29). The number of anilines is 2. The van der Waals surface area contributed by atoms with Crippen LogP contribution in [0.4, 0.5) is 11.4 Å². The number of nitrogens with one attached hydrogen (secondary N) is 2. The summed E-state index contributed by atoms with van der Waals surface area (Å²) in [5, 5.41) is 10.9. The summed E-state index contributed by atoms with van der Waals surface area (Å²) in [7, 11) is -3.79. The van der Waals surface area contributed by atoms with Crippen molar-refractivity contribution in [3.8, 4) is 17.4 Å². The second-order valence-corrected chi connectivity index (χ2v) is 8.98. The van der Waals surface area contributed by atoms with E-state index in [9.17, 15) is 13.2 Å². The highest BCUT2D eigenvalue weighted by atomic mass is 32.2. The van der Waals surface area contributed by atoms with E-state index in [1.807, 2.05) is 0 Å². The molecule has 3 heterocycles. The second kappa shape index (κ2) is 8.36. The Morgan fingerprint density at radius 3 is 2.58 bits per heavy atom. The molecule has 2 N–H and O–H groups in total. The van der Waals surface area contributed by atoms with Gasteiger partial charge in [0, 0.05) is 36.3 Å². The van der Waals surface area contributed by atoms with E-state index in [0.29, 0.717) is 41.7 Å². The molecule has 5 rings (SSSR count). The van der Waals surface area contributed by atoms with Gasteiger partial charge in [-0.25, -0.2) is 13.4 Å². The monoisotopic (exact) mass is 462 g/mol. The maximum atomic E-state index is 12.8. The quantitative estimate of drug-likeness (QED) is 0.450. The molecule has 0 spiro atoms. The van der Waals surface area contributed by atoms with Gasteiger partial charge in [0.1, 0.15) is 12.1 Å². The zero-order valence-electron chi connectivity index (χ0n) is 17.2. The molecule has 0 radical (unpaired) electrons. The molecule has 0 saturated carbocycles. The number of carbonyl (C=O) groups excluding carboxylic acids is 1. The van der Waals surface area contributed by atoms with Crippen LogP contribution >= 0.6 is 0 Å². The summed E-state index contributed by atoms with van der Waals surface area (Å²) in [5.41, 5.74) is 1.82. The average molecular weight is 462 g/mol. The zero-order valence-corrected chi connectivity index (χ0v) is 18.0. The normalized spacial score (nSPS) is 13.2. The number of nitrogens with zero attached hydrogens (tertiary/aromatic N) is 4. The maximum Gasteiger partial charge on any atom is 0.261 e. The van der Waals surface area contributed by atoms with Crippen LogP contribution in [0, 0.1) is 0 Å². The fourth-order valence-corrected chi connectivity index (χ4v) is 4.46. The van der Waals surface area contributed by atoms with Gasteiger partial charge >= 0.3 is 0 Å². The molecular weight excluding hydrogens is 444 g/mol. The summed E-state index contributed by atoms with van der Waals surface area (Å²) in [6.07, 6.45) is 5.86. The van der Waals surface area contributed by atoms with Crippen LogP contribution in [-0.4, -0.2) is 34.1 Å². The van der Waals surface area contributed by atoms with E-state index < -0.39 is 10.0 Å². The third kappa shape index (κ3) is 4.53. The van der Waals surface area contributed by atoms with Gasteiger partial charge in [-0.2, -0.15) is 0 Å². The lowest BCUT2D eigenvalue weighted by Crippen LogP contribution is -2.20. The van der Waals surface area contributed by atoms with Crippen LogP contribution in [0.3, 0.4) is 0 Å². The first kappa shape index (κ1) is 20.6. The predicted octanol–water partition coefficient (Wildman–Crippen LogP) is 3.14. The summed E-state index contributed by atoms with van der Waals surface area (Å²) in [5.74, 6) is 1.31. The molecule has 1 aliphatic rings. The van der Waals surface area contributed by atoms with Crippen molar-refractivity contribution in [2.24, 2.45) is 0 Å². The number of fused-ring (bicyclic) bond motifs is 1. The lowest BCUT2D eigenvalue weighted by Gasteiger charge is -2.18. The van der Waals surface area contributed by atoms with Crippen LogP contribution in [0.1, 0.15) is 12.0 Å². The van der Waals surface area contributed by atoms with Crippen molar-refractivity contribution in [2.45, 2.75) is 17.7 Å². The Morgan fingerprint density at radius 1 is 1.00 bits per heavy atom. The van der Waals surface area contributed by atoms with E-state index in [-0.39, 0.29) is 10.8 Å². The molecule has 1 amide bonds. The molecule has 11 heteroatoms. The van der Waals surface area contributed by atoms with Crippen LogP contribution in [0.15, 0.2) is 78.2 Å². The number of ether oxygens (including phenoxy) is 1. The lowest BCUT2D eigenvalue weighted by atomic mass is 10.0. The number of hydrogen-bond acceptors (Lipinski definition) is 7. The first-order chi connectivity index (χ1) is 16.0. The molecule has 0 atom stereocenters. The topological polar surface area (TPSA) is 128 Å². The van der Waals surface area contributed by atoms with Gasteiger partial charge in [0.2, 0.25) is 11.8 Å². The van der Waals surface area contributed by atoms with Crippen LogP contribution in [0.25, 0.3) is 5.82 Å². The molecular formula is C22H18N6O4S. The van der Waals surface area contributed by atoms with E-state index in [1.54, 1.807) is 71.8 Å². The molecule has 33 heavy (non-hydrogen) atoms. The Labute approximate surface area is 189 Å². The molecule has 0 fully saturated rings. The second-order valence-electron chi connectivity index (χ2n) is 7.30. The van der Waals surface area contributed by atoms with Gasteiger partial charge in [-0.05, 0) is 60.5 Å². The van der Waals surface area contributed by atoms with E-state index >= 15 is 0 Å². The van der Waals surface area contributed by atoms with E-state index in [0.717, 1.165) is 5.56 Å². The Bertz CT molecular complexity index is 1400. The molecule has 2 aromatic heterocycles. The molecule has 0 saturated heterocycles. The van der Waals surface area contributed by atoms with E-state index in [1.165, 1.54) is 6.07 Å². The minimum Gasteiger partial charge on any atom is -0.438 e. The van der Waals surface area contributed by atoms with Crippen LogP contribution in [-0.2, 0) is 21.2 Å². The highest BCUT2D eigenvalue weighted by Gasteiger charge is 2.20. The first-order valence-electron chi connectivity index (χ1n) is 10.0. The van der Waals surface area contributed by atoms with Gasteiger partial charge in [-0.15, -0.1) is 10.2 Å². The van der Waals surface area contributed by atoms with Gasteiger partial charge in [-0.1, -0.05) is 0 Å². The number of imidazole rings is 1. The largest absolute Gasteiger partial charge is 0.438 e. The third-order valence-corrected chi connectivity index (χ3v) is 6.39. The Hall–Kier alpha value is -4.25. The number of rotatable bonds is 6. The molecule has 10 nitrogen and oxygen atoms in total. The smallest absolute Gasteiger partial charge is 0.261 e. The van der Waals surface area contributed by atoms with E-state index in [4.69, 9.17) is 4.74 Å². The number of carbonyl (C=O) groups is 1. The number of benzene rings is 2. The van der Waals surface area contributed by atoms with Gasteiger partial charge in [0.15, 0.2) is 5.82 Å². The maximum absolute atomic E-state index is 12.8. The third-order valence-electron chi connectivity index (χ3n) is 5.01. The number of sulfonamides is 1. The van der Waals surface area contributed by atoms with Crippen molar-refractivity contribution in [3.05, 3.63) is 78.9 Å². The molecule has 1 aliphatic heterocycles. The van der Waals surface area contributed by atoms with Crippen molar-refractivity contribution < 1.29 is 17.9 Å². The molecule has 4 aromatic rings. The average Bonchev–Trinajstić information content (AvgIpc) is 3.35. The van der Waals surface area contributed by atoms with Crippen molar-refractivity contribution in [3.63, 3.8) is 0 Å². The van der Waals surface area contributed by atoms with Crippen molar-refractivity contribution >= 4 is 27.3 Å². The summed E-state index contributed by atoms with van der Waals surface area (Å²) < 4.78 is 35.6. The molecule has 166 valence electrons. The summed E-state index contributed by atoms with van der Waals surface area (Å²) in [6.45, 7) is 0. The van der Waals surface area contributed by atoms with Gasteiger partial charge in [0.05, 0.1) is 4.90 Å². The van der Waals surface area contributed by atoms with Gasteiger partial charge < -0.3 is 10.1 Å². The minimum atomic E-state index is -3.79. The van der Waals surface area contributed by atoms with Gasteiger partial charge in [-0.3, -0.25) is 14.1 Å². The fourth-order valence-electron chi connectivity index (χ4n) is 3.35. The number of aromatic nitrogens is 4. The van der Waals surface area contributed by atoms with Crippen LogP contribution in [0.2, 0.25) is 0 Å². The number of aryl methyl sites for hydroxylation is 1. The van der Waals surface area contributed by atoms with Crippen molar-refractivity contribution in [2.75, 3.05) is 10.0 Å². The Morgan fingerprint density at radius 2 is 1.85 bits per heavy atom. The van der Waals surface area contributed by atoms with E-state index in [2.05, 4.69) is 25.2 Å². The molecule has 0 aliphatic carbocycles. The first-order valence-corrected chi connectivity index (χ1v) is 11.5. The van der Waals surface area contributed by atoms with Crippen molar-refractivity contribution in [1.82, 2.24) is 19.7 Å². The van der Waals surface area contributed by atoms with Gasteiger partial charge in [0.25, 0.3) is 10.0 Å². The number of hydrogen-bond donors (Lipinski definition) is 2.